The molecular weight excluding hydrogens is 342 g/mol. The maximum absolute atomic E-state index is 5.76. The number of hydrogen-bond donors (Lipinski definition) is 0. The van der Waals surface area contributed by atoms with Crippen molar-refractivity contribution in [2.45, 2.75) is 32.2 Å². The normalized spacial score (nSPS) is 28.3. The third-order valence-electron chi connectivity index (χ3n) is 6.59. The van der Waals surface area contributed by atoms with Crippen LogP contribution in [0, 0.1) is 0 Å². The molecule has 0 N–H and O–H groups in total. The Labute approximate surface area is 160 Å². The highest BCUT2D eigenvalue weighted by atomic mass is 16.7. The summed E-state index contributed by atoms with van der Waals surface area (Å²) in [6, 6.07) is 4.24. The van der Waals surface area contributed by atoms with Gasteiger partial charge in [-0.25, -0.2) is 0 Å². The molecule has 3 aliphatic heterocycles. The van der Waals surface area contributed by atoms with Crippen molar-refractivity contribution in [3.63, 3.8) is 0 Å². The molecule has 1 aromatic rings. The van der Waals surface area contributed by atoms with Gasteiger partial charge >= 0.3 is 0 Å². The van der Waals surface area contributed by atoms with Gasteiger partial charge in [-0.15, -0.1) is 0 Å². The van der Waals surface area contributed by atoms with Gasteiger partial charge in [-0.2, -0.15) is 0 Å². The molecule has 0 amide bonds. The van der Waals surface area contributed by atoms with Gasteiger partial charge in [-0.3, -0.25) is 4.48 Å². The Morgan fingerprint density at radius 2 is 2.00 bits per heavy atom. The predicted molar refractivity (Wildman–Crippen MR) is 101 cm³/mol. The molecule has 0 saturated carbocycles. The Bertz CT molecular complexity index is 926. The second kappa shape index (κ2) is 5.80. The van der Waals surface area contributed by atoms with Gasteiger partial charge in [0, 0.05) is 18.4 Å². The maximum Gasteiger partial charge on any atom is 0.230 e. The number of allylic oxidation sites excluding steroid dienone is 3. The van der Waals surface area contributed by atoms with E-state index in [0.29, 0.717) is 12.7 Å². The number of hydrogen-bond acceptors (Lipinski definition) is 4. The number of rotatable bonds is 2. The Kier molecular flexibility index (Phi) is 3.60. The van der Waals surface area contributed by atoms with Gasteiger partial charge in [-0.05, 0) is 30.2 Å². The summed E-state index contributed by atoms with van der Waals surface area (Å²) < 4.78 is 23.6. The summed E-state index contributed by atoms with van der Waals surface area (Å²) in [4.78, 5) is 0. The van der Waals surface area contributed by atoms with Crippen molar-refractivity contribution in [1.82, 2.24) is 0 Å². The predicted octanol–water partition coefficient (Wildman–Crippen LogP) is 3.97. The fraction of sp³-hybridized carbons (Fsp3) is 0.455. The topological polar surface area (TPSA) is 36.9 Å². The second-order valence-corrected chi connectivity index (χ2v) is 8.02. The monoisotopic (exact) mass is 368 g/mol. The van der Waals surface area contributed by atoms with E-state index in [2.05, 4.69) is 26.1 Å². The highest BCUT2D eigenvalue weighted by molar-refractivity contribution is 5.56. The summed E-state index contributed by atoms with van der Waals surface area (Å²) in [5.74, 6) is 3.93. The fourth-order valence-corrected chi connectivity index (χ4v) is 5.35. The standard InChI is InChI=1S/C22H26NO4/c1-13-15-5-6-18(24-3)22(25-4)17(15)11-23(2)8-7-14-9-19-20(27-12-26-19)10-16(14)21(13)23/h5-6,9,13H,7-8,10-12H2,1-4H3/q+1/t13-,23-/m1/s1. The van der Waals surface area contributed by atoms with Crippen LogP contribution >= 0.6 is 0 Å². The van der Waals surface area contributed by atoms with Crippen molar-refractivity contribution in [2.24, 2.45) is 0 Å². The minimum absolute atomic E-state index is 0.321. The zero-order chi connectivity index (χ0) is 18.8. The Balaban J connectivity index is 1.68. The number of methoxy groups -OCH3 is 2. The van der Waals surface area contributed by atoms with Crippen LogP contribution in [0.1, 0.15) is 36.8 Å². The van der Waals surface area contributed by atoms with E-state index in [0.717, 1.165) is 53.4 Å². The minimum atomic E-state index is 0.321. The average Bonchev–Trinajstić information content (AvgIpc) is 3.12. The van der Waals surface area contributed by atoms with Crippen LogP contribution in [-0.4, -0.2) is 39.1 Å². The molecule has 0 saturated heterocycles. The van der Waals surface area contributed by atoms with E-state index >= 15 is 0 Å². The van der Waals surface area contributed by atoms with E-state index in [1.807, 2.05) is 6.07 Å². The number of likely N-dealkylation sites (N-methyl/N-ethyl adjacent to an activating group) is 1. The van der Waals surface area contributed by atoms with Gasteiger partial charge in [0.1, 0.15) is 18.0 Å². The van der Waals surface area contributed by atoms with Crippen molar-refractivity contribution in [1.29, 1.82) is 0 Å². The lowest BCUT2D eigenvalue weighted by atomic mass is 9.77. The van der Waals surface area contributed by atoms with Crippen molar-refractivity contribution >= 4 is 0 Å². The lowest BCUT2D eigenvalue weighted by Gasteiger charge is -2.48. The molecule has 5 nitrogen and oxygen atoms in total. The molecule has 5 heteroatoms. The molecule has 0 spiro atoms. The third kappa shape index (κ3) is 2.27. The summed E-state index contributed by atoms with van der Waals surface area (Å²) >= 11 is 0. The first-order valence-electron chi connectivity index (χ1n) is 9.57. The van der Waals surface area contributed by atoms with Crippen LogP contribution in [0.5, 0.6) is 11.5 Å². The average molecular weight is 368 g/mol. The Morgan fingerprint density at radius 1 is 1.15 bits per heavy atom. The Morgan fingerprint density at radius 3 is 2.78 bits per heavy atom. The van der Waals surface area contributed by atoms with Gasteiger partial charge in [-0.1, -0.05) is 6.07 Å². The summed E-state index contributed by atoms with van der Waals surface area (Å²) in [6.07, 6.45) is 4.11. The molecule has 0 aromatic heterocycles. The van der Waals surface area contributed by atoms with Gasteiger partial charge in [0.2, 0.25) is 6.79 Å². The SMILES string of the molecule is COc1ccc2c(c1OC)C[N@@+]1(C)CCC3=CC4=C(CC3=C1[C@@H]2C)OCO4. The summed E-state index contributed by atoms with van der Waals surface area (Å²) in [5, 5.41) is 0. The molecule has 0 radical (unpaired) electrons. The zero-order valence-electron chi connectivity index (χ0n) is 16.4. The molecule has 27 heavy (non-hydrogen) atoms. The first-order chi connectivity index (χ1) is 13.1. The van der Waals surface area contributed by atoms with E-state index < -0.39 is 0 Å². The lowest BCUT2D eigenvalue weighted by Crippen LogP contribution is -2.50. The summed E-state index contributed by atoms with van der Waals surface area (Å²) in [5.41, 5.74) is 6.99. The van der Waals surface area contributed by atoms with Gasteiger partial charge < -0.3 is 18.9 Å². The molecular formula is C22H26NO4+. The maximum atomic E-state index is 5.76. The summed E-state index contributed by atoms with van der Waals surface area (Å²) in [7, 11) is 5.79. The van der Waals surface area contributed by atoms with Crippen LogP contribution in [-0.2, 0) is 16.0 Å². The van der Waals surface area contributed by atoms with Crippen LogP contribution in [0.3, 0.4) is 0 Å². The fourth-order valence-electron chi connectivity index (χ4n) is 5.35. The zero-order valence-corrected chi connectivity index (χ0v) is 16.4. The molecule has 1 aromatic carbocycles. The van der Waals surface area contributed by atoms with Crippen LogP contribution in [0.15, 0.2) is 46.6 Å². The number of ether oxygens (including phenoxy) is 4. The largest absolute Gasteiger partial charge is 0.493 e. The molecule has 4 aliphatic rings. The van der Waals surface area contributed by atoms with Crippen LogP contribution in [0.25, 0.3) is 0 Å². The van der Waals surface area contributed by atoms with E-state index in [1.165, 1.54) is 28.0 Å². The number of quaternary nitrogens is 1. The van der Waals surface area contributed by atoms with Crippen molar-refractivity contribution < 1.29 is 23.4 Å². The van der Waals surface area contributed by atoms with Gasteiger partial charge in [0.15, 0.2) is 17.3 Å². The van der Waals surface area contributed by atoms with E-state index in [9.17, 15) is 0 Å². The Hall–Kier alpha value is -2.40. The minimum Gasteiger partial charge on any atom is -0.493 e. The first kappa shape index (κ1) is 16.8. The third-order valence-corrected chi connectivity index (χ3v) is 6.59. The highest BCUT2D eigenvalue weighted by Crippen LogP contribution is 2.52. The molecule has 3 heterocycles. The lowest BCUT2D eigenvalue weighted by molar-refractivity contribution is -0.892. The van der Waals surface area contributed by atoms with E-state index in [4.69, 9.17) is 18.9 Å². The van der Waals surface area contributed by atoms with Crippen molar-refractivity contribution in [3.05, 3.63) is 57.7 Å². The van der Waals surface area contributed by atoms with Gasteiger partial charge in [0.05, 0.1) is 39.3 Å². The number of nitrogens with zero attached hydrogens (tertiary/aromatic N) is 1. The van der Waals surface area contributed by atoms with E-state index in [-0.39, 0.29) is 0 Å². The first-order valence-corrected chi connectivity index (χ1v) is 9.57. The summed E-state index contributed by atoms with van der Waals surface area (Å²) in [6.45, 7) is 4.67. The van der Waals surface area contributed by atoms with E-state index in [1.54, 1.807) is 14.2 Å². The van der Waals surface area contributed by atoms with Crippen molar-refractivity contribution in [3.8, 4) is 11.5 Å². The quantitative estimate of drug-likeness (QED) is 0.740. The molecule has 0 fully saturated rings. The molecule has 0 bridgehead atoms. The molecule has 1 aliphatic carbocycles. The highest BCUT2D eigenvalue weighted by Gasteiger charge is 2.46. The number of benzene rings is 1. The van der Waals surface area contributed by atoms with Crippen molar-refractivity contribution in [2.75, 3.05) is 34.6 Å². The molecule has 2 atom stereocenters. The molecule has 142 valence electrons. The van der Waals surface area contributed by atoms with Crippen LogP contribution in [0.4, 0.5) is 0 Å². The van der Waals surface area contributed by atoms with Crippen LogP contribution in [0.2, 0.25) is 0 Å². The van der Waals surface area contributed by atoms with Crippen LogP contribution < -0.4 is 9.47 Å². The molecule has 5 rings (SSSR count). The molecule has 0 unspecified atom stereocenters. The van der Waals surface area contributed by atoms with Gasteiger partial charge in [0.25, 0.3) is 0 Å². The second-order valence-electron chi connectivity index (χ2n) is 8.02. The smallest absolute Gasteiger partial charge is 0.230 e. The number of fused-ring (bicyclic) bond motifs is 3.